The van der Waals surface area contributed by atoms with Crippen LogP contribution in [-0.4, -0.2) is 9.78 Å². The van der Waals surface area contributed by atoms with Crippen molar-refractivity contribution in [1.82, 2.24) is 9.78 Å². The quantitative estimate of drug-likeness (QED) is 0.770. The van der Waals surface area contributed by atoms with E-state index in [0.717, 1.165) is 11.1 Å². The molecule has 1 saturated carbocycles. The van der Waals surface area contributed by atoms with Crippen LogP contribution in [-0.2, 0) is 12.4 Å². The van der Waals surface area contributed by atoms with Gasteiger partial charge in [0.1, 0.15) is 5.82 Å². The smallest absolute Gasteiger partial charge is 0.123 e. The van der Waals surface area contributed by atoms with E-state index in [1.54, 1.807) is 12.1 Å². The molecule has 94 valence electrons. The molecular weight excluding hydrogens is 251 g/mol. The monoisotopic (exact) mass is 264 g/mol. The topological polar surface area (TPSA) is 17.8 Å². The largest absolute Gasteiger partial charge is 0.265 e. The molecule has 0 radical (unpaired) electrons. The Bertz CT molecular complexity index is 543. The van der Waals surface area contributed by atoms with E-state index in [-0.39, 0.29) is 5.82 Å². The molecule has 3 rings (SSSR count). The molecule has 0 atom stereocenters. The van der Waals surface area contributed by atoms with Crippen LogP contribution in [0, 0.1) is 5.82 Å². The lowest BCUT2D eigenvalue weighted by atomic mass is 10.2. The Morgan fingerprint density at radius 3 is 2.61 bits per heavy atom. The third-order valence-electron chi connectivity index (χ3n) is 3.31. The van der Waals surface area contributed by atoms with E-state index < -0.39 is 0 Å². The predicted octanol–water partition coefficient (Wildman–Crippen LogP) is 3.69. The SMILES string of the molecule is Fc1ccc(Cn2ncc(CCl)c2C2CC2)cc1. The summed E-state index contributed by atoms with van der Waals surface area (Å²) in [5, 5.41) is 4.40. The van der Waals surface area contributed by atoms with Crippen LogP contribution in [0.5, 0.6) is 0 Å². The van der Waals surface area contributed by atoms with Gasteiger partial charge in [0.2, 0.25) is 0 Å². The van der Waals surface area contributed by atoms with E-state index >= 15 is 0 Å². The van der Waals surface area contributed by atoms with Crippen molar-refractivity contribution in [2.24, 2.45) is 0 Å². The zero-order valence-corrected chi connectivity index (χ0v) is 10.7. The van der Waals surface area contributed by atoms with E-state index in [4.69, 9.17) is 11.6 Å². The molecule has 1 aromatic carbocycles. The van der Waals surface area contributed by atoms with Crippen LogP contribution in [0.2, 0.25) is 0 Å². The van der Waals surface area contributed by atoms with Gasteiger partial charge < -0.3 is 0 Å². The molecule has 2 aromatic rings. The summed E-state index contributed by atoms with van der Waals surface area (Å²) in [4.78, 5) is 0. The number of hydrogen-bond acceptors (Lipinski definition) is 1. The number of aromatic nitrogens is 2. The summed E-state index contributed by atoms with van der Waals surface area (Å²) in [6.07, 6.45) is 4.29. The summed E-state index contributed by atoms with van der Waals surface area (Å²) in [6, 6.07) is 6.57. The molecule has 1 heterocycles. The van der Waals surface area contributed by atoms with Gasteiger partial charge in [-0.3, -0.25) is 4.68 Å². The van der Waals surface area contributed by atoms with Gasteiger partial charge in [-0.05, 0) is 30.5 Å². The van der Waals surface area contributed by atoms with Crippen molar-refractivity contribution in [1.29, 1.82) is 0 Å². The van der Waals surface area contributed by atoms with Crippen LogP contribution in [0.3, 0.4) is 0 Å². The highest BCUT2D eigenvalue weighted by atomic mass is 35.5. The lowest BCUT2D eigenvalue weighted by molar-refractivity contribution is 0.620. The van der Waals surface area contributed by atoms with Gasteiger partial charge >= 0.3 is 0 Å². The van der Waals surface area contributed by atoms with Gasteiger partial charge in [0.15, 0.2) is 0 Å². The first kappa shape index (κ1) is 11.7. The van der Waals surface area contributed by atoms with Crippen molar-refractivity contribution in [3.63, 3.8) is 0 Å². The molecule has 0 unspecified atom stereocenters. The maximum atomic E-state index is 12.9. The molecule has 2 nitrogen and oxygen atoms in total. The normalized spacial score (nSPS) is 15.0. The number of nitrogens with zero attached hydrogens (tertiary/aromatic N) is 2. The fourth-order valence-corrected chi connectivity index (χ4v) is 2.46. The summed E-state index contributed by atoms with van der Waals surface area (Å²) >= 11 is 5.94. The minimum atomic E-state index is -0.205. The first-order valence-electron chi connectivity index (χ1n) is 6.13. The average Bonchev–Trinajstić information content (AvgIpc) is 3.14. The molecule has 1 aliphatic rings. The van der Waals surface area contributed by atoms with Crippen molar-refractivity contribution in [3.8, 4) is 0 Å². The second-order valence-electron chi connectivity index (χ2n) is 4.75. The van der Waals surface area contributed by atoms with Crippen molar-refractivity contribution < 1.29 is 4.39 Å². The summed E-state index contributed by atoms with van der Waals surface area (Å²) in [5.41, 5.74) is 3.44. The van der Waals surface area contributed by atoms with Gasteiger partial charge in [0.05, 0.1) is 18.6 Å². The minimum Gasteiger partial charge on any atom is -0.265 e. The van der Waals surface area contributed by atoms with Gasteiger partial charge in [-0.15, -0.1) is 11.6 Å². The molecule has 1 aromatic heterocycles. The Morgan fingerprint density at radius 2 is 2.00 bits per heavy atom. The third-order valence-corrected chi connectivity index (χ3v) is 3.60. The molecule has 0 amide bonds. The fourth-order valence-electron chi connectivity index (χ4n) is 2.25. The molecule has 1 aliphatic carbocycles. The Labute approximate surface area is 110 Å². The predicted molar refractivity (Wildman–Crippen MR) is 69.3 cm³/mol. The number of rotatable bonds is 4. The van der Waals surface area contributed by atoms with Crippen LogP contribution in [0.15, 0.2) is 30.5 Å². The number of hydrogen-bond donors (Lipinski definition) is 0. The summed E-state index contributed by atoms with van der Waals surface area (Å²) in [6.45, 7) is 0.684. The van der Waals surface area contributed by atoms with Crippen molar-refractivity contribution in [3.05, 3.63) is 53.1 Å². The zero-order chi connectivity index (χ0) is 12.5. The highest BCUT2D eigenvalue weighted by molar-refractivity contribution is 6.17. The standard InChI is InChI=1S/C14H14ClFN2/c15-7-12-8-17-18(14(12)11-3-4-11)9-10-1-5-13(16)6-2-10/h1-2,5-6,8,11H,3-4,7,9H2. The van der Waals surface area contributed by atoms with Crippen molar-refractivity contribution in [2.45, 2.75) is 31.2 Å². The number of halogens is 2. The van der Waals surface area contributed by atoms with E-state index in [1.165, 1.54) is 30.7 Å². The maximum absolute atomic E-state index is 12.9. The molecule has 1 fully saturated rings. The molecule has 0 bridgehead atoms. The van der Waals surface area contributed by atoms with Crippen LogP contribution in [0.4, 0.5) is 4.39 Å². The van der Waals surface area contributed by atoms with Gasteiger partial charge in [-0.25, -0.2) is 4.39 Å². The average molecular weight is 265 g/mol. The van der Waals surface area contributed by atoms with Crippen LogP contribution in [0.1, 0.15) is 35.6 Å². The highest BCUT2D eigenvalue weighted by Gasteiger charge is 2.29. The van der Waals surface area contributed by atoms with E-state index in [2.05, 4.69) is 5.10 Å². The molecule has 0 spiro atoms. The Kier molecular flexibility index (Phi) is 3.08. The lowest BCUT2D eigenvalue weighted by Crippen LogP contribution is -2.06. The first-order chi connectivity index (χ1) is 8.78. The van der Waals surface area contributed by atoms with Gasteiger partial charge in [0.25, 0.3) is 0 Å². The zero-order valence-electron chi connectivity index (χ0n) is 9.94. The van der Waals surface area contributed by atoms with Gasteiger partial charge in [-0.1, -0.05) is 12.1 Å². The van der Waals surface area contributed by atoms with Crippen molar-refractivity contribution in [2.75, 3.05) is 0 Å². The van der Waals surface area contributed by atoms with Crippen LogP contribution >= 0.6 is 11.6 Å². The molecule has 0 N–H and O–H groups in total. The van der Waals surface area contributed by atoms with E-state index in [1.807, 2.05) is 10.9 Å². The molecule has 0 saturated heterocycles. The summed E-state index contributed by atoms with van der Waals surface area (Å²) in [7, 11) is 0. The maximum Gasteiger partial charge on any atom is 0.123 e. The number of alkyl halides is 1. The molecule has 18 heavy (non-hydrogen) atoms. The van der Waals surface area contributed by atoms with Crippen molar-refractivity contribution >= 4 is 11.6 Å². The van der Waals surface area contributed by atoms with Gasteiger partial charge in [0, 0.05) is 17.2 Å². The molecular formula is C14H14ClFN2. The first-order valence-corrected chi connectivity index (χ1v) is 6.66. The second kappa shape index (κ2) is 4.73. The van der Waals surface area contributed by atoms with Crippen LogP contribution < -0.4 is 0 Å². The second-order valence-corrected chi connectivity index (χ2v) is 5.01. The summed E-state index contributed by atoms with van der Waals surface area (Å²) < 4.78 is 14.9. The minimum absolute atomic E-state index is 0.205. The van der Waals surface area contributed by atoms with Gasteiger partial charge in [-0.2, -0.15) is 5.10 Å². The Balaban J connectivity index is 1.88. The lowest BCUT2D eigenvalue weighted by Gasteiger charge is -2.08. The third kappa shape index (κ3) is 2.27. The fraction of sp³-hybridized carbons (Fsp3) is 0.357. The highest BCUT2D eigenvalue weighted by Crippen LogP contribution is 2.42. The Morgan fingerprint density at radius 1 is 1.28 bits per heavy atom. The molecule has 0 aliphatic heterocycles. The van der Waals surface area contributed by atoms with E-state index in [9.17, 15) is 4.39 Å². The number of benzene rings is 1. The summed E-state index contributed by atoms with van der Waals surface area (Å²) in [5.74, 6) is 0.916. The van der Waals surface area contributed by atoms with E-state index in [0.29, 0.717) is 18.3 Å². The molecule has 4 heteroatoms. The Hall–Kier alpha value is -1.35. The van der Waals surface area contributed by atoms with Crippen LogP contribution in [0.25, 0.3) is 0 Å².